The summed E-state index contributed by atoms with van der Waals surface area (Å²) in [4.78, 5) is 0. The number of fused-ring (bicyclic) bond motifs is 1. The van der Waals surface area contributed by atoms with Crippen LogP contribution in [-0.4, -0.2) is 19.3 Å². The molecule has 1 atom stereocenters. The van der Waals surface area contributed by atoms with E-state index in [0.29, 0.717) is 6.04 Å². The summed E-state index contributed by atoms with van der Waals surface area (Å²) in [5, 5.41) is 3.60. The summed E-state index contributed by atoms with van der Waals surface area (Å²) in [6.07, 6.45) is 3.59. The highest BCUT2D eigenvalue weighted by atomic mass is 16.5. The third-order valence-electron chi connectivity index (χ3n) is 3.33. The van der Waals surface area contributed by atoms with Crippen molar-refractivity contribution >= 4 is 0 Å². The van der Waals surface area contributed by atoms with Crippen LogP contribution in [0.4, 0.5) is 0 Å². The molecule has 1 N–H and O–H groups in total. The molecule has 3 heteroatoms. The van der Waals surface area contributed by atoms with Gasteiger partial charge in [-0.1, -0.05) is 6.07 Å². The maximum Gasteiger partial charge on any atom is 0.161 e. The van der Waals surface area contributed by atoms with Gasteiger partial charge >= 0.3 is 0 Å². The lowest BCUT2D eigenvalue weighted by atomic mass is 10.1. The molecule has 1 aromatic carbocycles. The summed E-state index contributed by atoms with van der Waals surface area (Å²) in [5.41, 5.74) is 1.28. The minimum Gasteiger partial charge on any atom is -0.490 e. The average Bonchev–Trinajstić information content (AvgIpc) is 3.14. The number of rotatable bonds is 3. The second-order valence-electron chi connectivity index (χ2n) is 4.92. The van der Waals surface area contributed by atoms with Crippen molar-refractivity contribution in [2.24, 2.45) is 0 Å². The fourth-order valence-electron chi connectivity index (χ4n) is 2.15. The lowest BCUT2D eigenvalue weighted by Crippen LogP contribution is -2.20. The van der Waals surface area contributed by atoms with E-state index in [2.05, 4.69) is 24.4 Å². The van der Waals surface area contributed by atoms with Crippen LogP contribution in [-0.2, 0) is 0 Å². The Bertz CT molecular complexity index is 401. The Hall–Kier alpha value is -1.22. The predicted octanol–water partition coefficient (Wildman–Crippen LogP) is 2.66. The first-order valence-corrected chi connectivity index (χ1v) is 6.48. The summed E-state index contributed by atoms with van der Waals surface area (Å²) in [7, 11) is 0. The van der Waals surface area contributed by atoms with Gasteiger partial charge in [0.05, 0.1) is 13.2 Å². The Labute approximate surface area is 102 Å². The van der Waals surface area contributed by atoms with Crippen LogP contribution in [0.5, 0.6) is 11.5 Å². The third-order valence-corrected chi connectivity index (χ3v) is 3.33. The minimum atomic E-state index is 0.389. The molecule has 1 heterocycles. The van der Waals surface area contributed by atoms with Gasteiger partial charge in [-0.15, -0.1) is 0 Å². The quantitative estimate of drug-likeness (QED) is 0.870. The molecule has 0 amide bonds. The van der Waals surface area contributed by atoms with Gasteiger partial charge in [0.15, 0.2) is 11.5 Å². The van der Waals surface area contributed by atoms with Crippen molar-refractivity contribution in [1.82, 2.24) is 5.32 Å². The topological polar surface area (TPSA) is 30.5 Å². The van der Waals surface area contributed by atoms with Crippen LogP contribution in [0.1, 0.15) is 37.8 Å². The van der Waals surface area contributed by atoms with Crippen LogP contribution in [0.25, 0.3) is 0 Å². The molecule has 0 bridgehead atoms. The summed E-state index contributed by atoms with van der Waals surface area (Å²) >= 11 is 0. The first-order valence-electron chi connectivity index (χ1n) is 6.48. The predicted molar refractivity (Wildman–Crippen MR) is 66.6 cm³/mol. The number of ether oxygens (including phenoxy) is 2. The number of benzene rings is 1. The first-order chi connectivity index (χ1) is 8.33. The van der Waals surface area contributed by atoms with E-state index in [9.17, 15) is 0 Å². The normalized spacial score (nSPS) is 20.8. The summed E-state index contributed by atoms with van der Waals surface area (Å²) in [6, 6.07) is 7.38. The molecular formula is C14H19NO2. The van der Waals surface area contributed by atoms with E-state index in [4.69, 9.17) is 9.47 Å². The lowest BCUT2D eigenvalue weighted by Gasteiger charge is -2.16. The van der Waals surface area contributed by atoms with Crippen molar-refractivity contribution in [1.29, 1.82) is 0 Å². The van der Waals surface area contributed by atoms with Crippen molar-refractivity contribution in [2.75, 3.05) is 13.2 Å². The van der Waals surface area contributed by atoms with Gasteiger partial charge in [0, 0.05) is 18.5 Å². The maximum atomic E-state index is 5.71. The van der Waals surface area contributed by atoms with Gasteiger partial charge in [0.2, 0.25) is 0 Å². The fraction of sp³-hybridized carbons (Fsp3) is 0.571. The van der Waals surface area contributed by atoms with Crippen molar-refractivity contribution in [3.63, 3.8) is 0 Å². The molecule has 1 fully saturated rings. The van der Waals surface area contributed by atoms with Crippen LogP contribution < -0.4 is 14.8 Å². The highest BCUT2D eigenvalue weighted by Gasteiger charge is 2.23. The number of hydrogen-bond acceptors (Lipinski definition) is 3. The average molecular weight is 233 g/mol. The lowest BCUT2D eigenvalue weighted by molar-refractivity contribution is 0.297. The highest BCUT2D eigenvalue weighted by molar-refractivity contribution is 5.44. The summed E-state index contributed by atoms with van der Waals surface area (Å²) in [5.74, 6) is 1.77. The minimum absolute atomic E-state index is 0.389. The molecule has 0 saturated heterocycles. The molecule has 1 aromatic rings. The fourth-order valence-corrected chi connectivity index (χ4v) is 2.15. The van der Waals surface area contributed by atoms with E-state index in [1.807, 2.05) is 6.07 Å². The van der Waals surface area contributed by atoms with Gasteiger partial charge in [0.1, 0.15) is 0 Å². The van der Waals surface area contributed by atoms with Gasteiger partial charge in [-0.25, -0.2) is 0 Å². The zero-order chi connectivity index (χ0) is 11.7. The van der Waals surface area contributed by atoms with Crippen molar-refractivity contribution in [2.45, 2.75) is 38.3 Å². The van der Waals surface area contributed by atoms with Crippen LogP contribution in [0.3, 0.4) is 0 Å². The van der Waals surface area contributed by atoms with Crippen LogP contribution in [0.15, 0.2) is 18.2 Å². The molecule has 3 rings (SSSR count). The van der Waals surface area contributed by atoms with E-state index in [0.717, 1.165) is 37.2 Å². The maximum absolute atomic E-state index is 5.71. The molecule has 1 saturated carbocycles. The third kappa shape index (κ3) is 2.55. The molecule has 2 aliphatic rings. The van der Waals surface area contributed by atoms with Gasteiger partial charge in [-0.3, -0.25) is 0 Å². The van der Waals surface area contributed by atoms with Crippen molar-refractivity contribution in [3.05, 3.63) is 23.8 Å². The van der Waals surface area contributed by atoms with Crippen molar-refractivity contribution < 1.29 is 9.47 Å². The van der Waals surface area contributed by atoms with E-state index in [1.54, 1.807) is 0 Å². The standard InChI is InChI=1S/C14H19NO2/c1-10(15-12-4-5-12)11-3-6-13-14(9-11)17-8-2-7-16-13/h3,6,9-10,12,15H,2,4-5,7-8H2,1H3/t10-/m0/s1. The Balaban J connectivity index is 1.78. The largest absolute Gasteiger partial charge is 0.490 e. The van der Waals surface area contributed by atoms with Crippen LogP contribution >= 0.6 is 0 Å². The molecule has 92 valence electrons. The monoisotopic (exact) mass is 233 g/mol. The van der Waals surface area contributed by atoms with Crippen LogP contribution in [0, 0.1) is 0 Å². The van der Waals surface area contributed by atoms with E-state index < -0.39 is 0 Å². The molecule has 1 aliphatic carbocycles. The smallest absolute Gasteiger partial charge is 0.161 e. The molecule has 17 heavy (non-hydrogen) atoms. The van der Waals surface area contributed by atoms with Gasteiger partial charge < -0.3 is 14.8 Å². The Morgan fingerprint density at radius 1 is 1.18 bits per heavy atom. The Morgan fingerprint density at radius 2 is 1.94 bits per heavy atom. The second-order valence-corrected chi connectivity index (χ2v) is 4.92. The number of nitrogens with one attached hydrogen (secondary N) is 1. The molecular weight excluding hydrogens is 214 g/mol. The van der Waals surface area contributed by atoms with Gasteiger partial charge in [-0.2, -0.15) is 0 Å². The van der Waals surface area contributed by atoms with Gasteiger partial charge in [0.25, 0.3) is 0 Å². The van der Waals surface area contributed by atoms with Gasteiger partial charge in [-0.05, 0) is 37.5 Å². The second kappa shape index (κ2) is 4.57. The Morgan fingerprint density at radius 3 is 2.71 bits per heavy atom. The highest BCUT2D eigenvalue weighted by Crippen LogP contribution is 2.33. The zero-order valence-corrected chi connectivity index (χ0v) is 10.2. The molecule has 3 nitrogen and oxygen atoms in total. The van der Waals surface area contributed by atoms with E-state index >= 15 is 0 Å². The molecule has 0 aromatic heterocycles. The van der Waals surface area contributed by atoms with Crippen LogP contribution in [0.2, 0.25) is 0 Å². The summed E-state index contributed by atoms with van der Waals surface area (Å²) in [6.45, 7) is 3.71. The zero-order valence-electron chi connectivity index (χ0n) is 10.2. The van der Waals surface area contributed by atoms with E-state index in [-0.39, 0.29) is 0 Å². The van der Waals surface area contributed by atoms with E-state index in [1.165, 1.54) is 18.4 Å². The Kier molecular flexibility index (Phi) is 2.93. The molecule has 1 aliphatic heterocycles. The molecule has 0 spiro atoms. The molecule has 0 unspecified atom stereocenters. The SMILES string of the molecule is C[C@H](NC1CC1)c1ccc2c(c1)OCCCO2. The van der Waals surface area contributed by atoms with Crippen molar-refractivity contribution in [3.8, 4) is 11.5 Å². The first kappa shape index (κ1) is 10.9. The molecule has 0 radical (unpaired) electrons. The summed E-state index contributed by atoms with van der Waals surface area (Å²) < 4.78 is 11.3. The number of hydrogen-bond donors (Lipinski definition) is 1.